The highest BCUT2D eigenvalue weighted by molar-refractivity contribution is 9.10. The lowest BCUT2D eigenvalue weighted by molar-refractivity contribution is 0.292. The van der Waals surface area contributed by atoms with Crippen LogP contribution in [0.1, 0.15) is 19.8 Å². The lowest BCUT2D eigenvalue weighted by Gasteiger charge is -2.16. The number of rotatable bonds is 6. The van der Waals surface area contributed by atoms with Gasteiger partial charge in [0.05, 0.1) is 30.3 Å². The van der Waals surface area contributed by atoms with Gasteiger partial charge in [0, 0.05) is 10.0 Å². The fraction of sp³-hybridized carbons (Fsp3) is 0.263. The van der Waals surface area contributed by atoms with Gasteiger partial charge in [-0.3, -0.25) is 0 Å². The van der Waals surface area contributed by atoms with E-state index in [1.165, 1.54) is 6.07 Å². The zero-order valence-corrected chi connectivity index (χ0v) is 16.1. The number of hydrogen-bond acceptors (Lipinski definition) is 5. The van der Waals surface area contributed by atoms with Gasteiger partial charge in [0.25, 0.3) is 0 Å². The van der Waals surface area contributed by atoms with Crippen LogP contribution in [0.15, 0.2) is 34.8 Å². The molecule has 0 aliphatic carbocycles. The number of nitrogen functional groups attached to an aromatic ring is 1. The molecule has 2 N–H and O–H groups in total. The predicted octanol–water partition coefficient (Wildman–Crippen LogP) is 4.97. The highest BCUT2D eigenvalue weighted by Gasteiger charge is 2.20. The van der Waals surface area contributed by atoms with Crippen molar-refractivity contribution in [3.8, 4) is 22.8 Å². The zero-order chi connectivity index (χ0) is 18.7. The van der Waals surface area contributed by atoms with Crippen LogP contribution in [-0.2, 0) is 0 Å². The Morgan fingerprint density at radius 3 is 2.69 bits per heavy atom. The van der Waals surface area contributed by atoms with Crippen LogP contribution < -0.4 is 15.2 Å². The van der Waals surface area contributed by atoms with E-state index in [1.54, 1.807) is 31.4 Å². The molecule has 0 saturated carbocycles. The smallest absolute Gasteiger partial charge is 0.221 e. The monoisotopic (exact) mass is 419 g/mol. The van der Waals surface area contributed by atoms with Gasteiger partial charge in [-0.05, 0) is 36.8 Å². The van der Waals surface area contributed by atoms with Gasteiger partial charge >= 0.3 is 0 Å². The van der Waals surface area contributed by atoms with Gasteiger partial charge in [-0.1, -0.05) is 29.3 Å². The quantitative estimate of drug-likeness (QED) is 0.571. The number of aromatic nitrogens is 2. The number of unbranched alkanes of at least 4 members (excludes halogenated alkanes) is 1. The van der Waals surface area contributed by atoms with Crippen molar-refractivity contribution in [3.63, 3.8) is 0 Å². The summed E-state index contributed by atoms with van der Waals surface area (Å²) in [6.45, 7) is 2.59. The molecule has 0 fully saturated rings. The number of fused-ring (bicyclic) bond motifs is 1. The fourth-order valence-electron chi connectivity index (χ4n) is 2.69. The topological polar surface area (TPSA) is 70.3 Å². The number of nitrogens with zero attached hydrogens (tertiary/aromatic N) is 2. The van der Waals surface area contributed by atoms with Gasteiger partial charge in [0.1, 0.15) is 5.82 Å². The maximum atomic E-state index is 14.6. The van der Waals surface area contributed by atoms with Crippen LogP contribution in [0.5, 0.6) is 11.5 Å². The summed E-state index contributed by atoms with van der Waals surface area (Å²) in [5, 5.41) is 0.580. The van der Waals surface area contributed by atoms with Gasteiger partial charge in [0.2, 0.25) is 5.95 Å². The van der Waals surface area contributed by atoms with Crippen molar-refractivity contribution in [1.82, 2.24) is 9.97 Å². The normalized spacial score (nSPS) is 10.9. The van der Waals surface area contributed by atoms with Crippen molar-refractivity contribution in [2.24, 2.45) is 0 Å². The molecule has 0 aliphatic heterocycles. The van der Waals surface area contributed by atoms with Crippen molar-refractivity contribution in [1.29, 1.82) is 0 Å². The molecule has 7 heteroatoms. The highest BCUT2D eigenvalue weighted by Crippen LogP contribution is 2.41. The van der Waals surface area contributed by atoms with Crippen molar-refractivity contribution in [3.05, 3.63) is 40.6 Å². The molecular weight excluding hydrogens is 401 g/mol. The number of nitrogens with two attached hydrogens (primary N) is 1. The maximum absolute atomic E-state index is 14.6. The van der Waals surface area contributed by atoms with Crippen molar-refractivity contribution < 1.29 is 13.9 Å². The molecule has 1 aromatic heterocycles. The molecule has 5 nitrogen and oxygen atoms in total. The summed E-state index contributed by atoms with van der Waals surface area (Å²) in [7, 11) is 1.56. The summed E-state index contributed by atoms with van der Waals surface area (Å²) in [6.07, 6.45) is 1.88. The van der Waals surface area contributed by atoms with Gasteiger partial charge in [0.15, 0.2) is 11.5 Å². The molecule has 0 saturated heterocycles. The minimum atomic E-state index is -0.416. The zero-order valence-electron chi connectivity index (χ0n) is 14.6. The molecule has 136 valence electrons. The number of ether oxygens (including phenoxy) is 2. The van der Waals surface area contributed by atoms with E-state index < -0.39 is 5.82 Å². The molecule has 26 heavy (non-hydrogen) atoms. The average Bonchev–Trinajstić information content (AvgIpc) is 2.61. The summed E-state index contributed by atoms with van der Waals surface area (Å²) in [5.74, 6) is 0.692. The Bertz CT molecular complexity index is 950. The Hall–Kier alpha value is -2.41. The van der Waals surface area contributed by atoms with Crippen LogP contribution in [0.3, 0.4) is 0 Å². The van der Waals surface area contributed by atoms with Crippen molar-refractivity contribution in [2.45, 2.75) is 19.8 Å². The maximum Gasteiger partial charge on any atom is 0.221 e. The summed E-state index contributed by atoms with van der Waals surface area (Å²) in [4.78, 5) is 8.57. The minimum Gasteiger partial charge on any atom is -0.493 e. The third-order valence-corrected chi connectivity index (χ3v) is 4.44. The molecule has 1 heterocycles. The Morgan fingerprint density at radius 1 is 1.19 bits per heavy atom. The van der Waals surface area contributed by atoms with E-state index in [2.05, 4.69) is 32.8 Å². The largest absolute Gasteiger partial charge is 0.493 e. The first-order valence-corrected chi connectivity index (χ1v) is 9.07. The Morgan fingerprint density at radius 2 is 2.00 bits per heavy atom. The van der Waals surface area contributed by atoms with Crippen molar-refractivity contribution >= 4 is 32.8 Å². The Kier molecular flexibility index (Phi) is 5.56. The van der Waals surface area contributed by atoms with E-state index >= 15 is 0 Å². The highest BCUT2D eigenvalue weighted by atomic mass is 79.9. The summed E-state index contributed by atoms with van der Waals surface area (Å²) < 4.78 is 26.7. The molecule has 0 amide bonds. The van der Waals surface area contributed by atoms with Crippen LogP contribution in [-0.4, -0.2) is 23.7 Å². The molecule has 0 unspecified atom stereocenters. The van der Waals surface area contributed by atoms with E-state index in [4.69, 9.17) is 15.2 Å². The molecule has 0 radical (unpaired) electrons. The second-order valence-corrected chi connectivity index (χ2v) is 6.66. The standard InChI is InChI=1S/C19H19BrFN3O2/c1-3-4-9-26-18-15(25-2)8-7-14-16(18)17(24-19(22)23-14)12-6-5-11(20)10-13(12)21/h5-8,10H,3-4,9H2,1-2H3,(H2,22,23,24). The number of halogens is 2. The molecule has 0 aliphatic rings. The lowest BCUT2D eigenvalue weighted by atomic mass is 10.0. The first-order valence-electron chi connectivity index (χ1n) is 8.27. The van der Waals surface area contributed by atoms with E-state index in [1.807, 2.05) is 0 Å². The molecule has 0 spiro atoms. The molecule has 2 aromatic carbocycles. The van der Waals surface area contributed by atoms with Gasteiger partial charge < -0.3 is 15.2 Å². The summed E-state index contributed by atoms with van der Waals surface area (Å²) in [5.41, 5.74) is 7.13. The summed E-state index contributed by atoms with van der Waals surface area (Å²) in [6, 6.07) is 8.31. The number of anilines is 1. The third-order valence-electron chi connectivity index (χ3n) is 3.95. The SMILES string of the molecule is CCCCOc1c(OC)ccc2nc(N)nc(-c3ccc(Br)cc3F)c12. The molecule has 0 atom stereocenters. The van der Waals surface area contributed by atoms with Crippen LogP contribution in [0, 0.1) is 5.82 Å². The molecule has 3 rings (SSSR count). The number of hydrogen-bond donors (Lipinski definition) is 1. The second kappa shape index (κ2) is 7.86. The predicted molar refractivity (Wildman–Crippen MR) is 104 cm³/mol. The van der Waals surface area contributed by atoms with Crippen LogP contribution in [0.4, 0.5) is 10.3 Å². The van der Waals surface area contributed by atoms with E-state index in [9.17, 15) is 4.39 Å². The van der Waals surface area contributed by atoms with Crippen LogP contribution in [0.25, 0.3) is 22.2 Å². The van der Waals surface area contributed by atoms with E-state index in [0.717, 1.165) is 12.8 Å². The van der Waals surface area contributed by atoms with E-state index in [-0.39, 0.29) is 5.95 Å². The minimum absolute atomic E-state index is 0.0690. The molecule has 3 aromatic rings. The number of benzene rings is 2. The van der Waals surface area contributed by atoms with Gasteiger partial charge in [-0.25, -0.2) is 14.4 Å². The Balaban J connectivity index is 2.30. The van der Waals surface area contributed by atoms with Crippen LogP contribution >= 0.6 is 15.9 Å². The first kappa shape index (κ1) is 18.4. The van der Waals surface area contributed by atoms with E-state index in [0.29, 0.717) is 44.7 Å². The Labute approximate surface area is 159 Å². The lowest BCUT2D eigenvalue weighted by Crippen LogP contribution is -2.04. The summed E-state index contributed by atoms with van der Waals surface area (Å²) >= 11 is 3.27. The fourth-order valence-corrected chi connectivity index (χ4v) is 3.03. The van der Waals surface area contributed by atoms with Gasteiger partial charge in [-0.2, -0.15) is 0 Å². The molecular formula is C19H19BrFN3O2. The average molecular weight is 420 g/mol. The second-order valence-electron chi connectivity index (χ2n) is 5.75. The first-order chi connectivity index (χ1) is 12.5. The van der Waals surface area contributed by atoms with Crippen LogP contribution in [0.2, 0.25) is 0 Å². The van der Waals surface area contributed by atoms with Crippen molar-refractivity contribution in [2.75, 3.05) is 19.5 Å². The molecule has 0 bridgehead atoms. The number of methoxy groups -OCH3 is 1. The van der Waals surface area contributed by atoms with Gasteiger partial charge in [-0.15, -0.1) is 0 Å². The third kappa shape index (κ3) is 3.58.